The molecule has 4 nitrogen and oxygen atoms in total. The lowest BCUT2D eigenvalue weighted by Gasteiger charge is -2.10. The van der Waals surface area contributed by atoms with Gasteiger partial charge in [-0.05, 0) is 25.8 Å². The maximum atomic E-state index is 5.85. The van der Waals surface area contributed by atoms with Crippen LogP contribution in [0.2, 0.25) is 0 Å². The van der Waals surface area contributed by atoms with E-state index in [1.165, 1.54) is 38.5 Å². The molecule has 23 heavy (non-hydrogen) atoms. The van der Waals surface area contributed by atoms with Gasteiger partial charge in [-0.25, -0.2) is 4.98 Å². The molecule has 0 saturated heterocycles. The number of ether oxygens (including phenoxy) is 1. The lowest BCUT2D eigenvalue weighted by molar-refractivity contribution is 0.192. The van der Waals surface area contributed by atoms with E-state index in [0.717, 1.165) is 30.4 Å². The quantitative estimate of drug-likeness (QED) is 0.499. The van der Waals surface area contributed by atoms with Gasteiger partial charge in [0.25, 0.3) is 0 Å². The number of unbranched alkanes of at least 4 members (excludes halogenated alkanes) is 5. The average molecular weight is 318 g/mol. The minimum absolute atomic E-state index is 0.134. The van der Waals surface area contributed by atoms with Crippen molar-refractivity contribution in [2.75, 3.05) is 0 Å². The zero-order chi connectivity index (χ0) is 16.5. The molecule has 2 aromatic rings. The van der Waals surface area contributed by atoms with Crippen molar-refractivity contribution in [2.45, 2.75) is 84.7 Å². The molecule has 0 spiro atoms. The van der Waals surface area contributed by atoms with Crippen LogP contribution in [0.15, 0.2) is 16.7 Å². The minimum atomic E-state index is 0.134. The number of fused-ring (bicyclic) bond motifs is 1. The van der Waals surface area contributed by atoms with Crippen molar-refractivity contribution < 1.29 is 9.15 Å². The molecule has 2 rings (SSSR count). The van der Waals surface area contributed by atoms with E-state index in [1.807, 2.05) is 6.92 Å². The van der Waals surface area contributed by atoms with Gasteiger partial charge in [-0.3, -0.25) is 0 Å². The normalized spacial score (nSPS) is 12.7. The first-order valence-electron chi connectivity index (χ1n) is 9.15. The second-order valence-electron chi connectivity index (χ2n) is 6.36. The van der Waals surface area contributed by atoms with Gasteiger partial charge in [0.05, 0.1) is 11.5 Å². The largest absolute Gasteiger partial charge is 0.460 e. The molecule has 0 saturated carbocycles. The summed E-state index contributed by atoms with van der Waals surface area (Å²) < 4.78 is 11.6. The Morgan fingerprint density at radius 2 is 1.87 bits per heavy atom. The fourth-order valence-corrected chi connectivity index (χ4v) is 2.77. The Bertz CT molecular complexity index is 580. The molecule has 0 N–H and O–H groups in total. The van der Waals surface area contributed by atoms with Gasteiger partial charge in [-0.1, -0.05) is 52.4 Å². The summed E-state index contributed by atoms with van der Waals surface area (Å²) >= 11 is 0. The number of hydrogen-bond acceptors (Lipinski definition) is 4. The van der Waals surface area contributed by atoms with E-state index in [1.54, 1.807) is 6.20 Å². The second-order valence-corrected chi connectivity index (χ2v) is 6.36. The summed E-state index contributed by atoms with van der Waals surface area (Å²) in [7, 11) is 0. The molecule has 0 aliphatic rings. The van der Waals surface area contributed by atoms with E-state index in [4.69, 9.17) is 9.15 Å². The van der Waals surface area contributed by atoms with Crippen LogP contribution in [-0.2, 0) is 6.42 Å². The van der Waals surface area contributed by atoms with Crippen LogP contribution in [-0.4, -0.2) is 16.1 Å². The van der Waals surface area contributed by atoms with Crippen molar-refractivity contribution in [3.8, 4) is 6.01 Å². The van der Waals surface area contributed by atoms with Crippen LogP contribution in [0.5, 0.6) is 6.01 Å². The van der Waals surface area contributed by atoms with Crippen LogP contribution in [0.25, 0.3) is 11.1 Å². The Hall–Kier alpha value is -1.58. The number of hydrogen-bond donors (Lipinski definition) is 0. The molecular formula is C19H30N2O2. The lowest BCUT2D eigenvalue weighted by atomic mass is 10.1. The predicted molar refractivity (Wildman–Crippen MR) is 93.9 cm³/mol. The van der Waals surface area contributed by atoms with Crippen LogP contribution in [0.1, 0.15) is 77.9 Å². The van der Waals surface area contributed by atoms with Crippen LogP contribution in [0, 0.1) is 0 Å². The molecule has 0 aliphatic heterocycles. The summed E-state index contributed by atoms with van der Waals surface area (Å²) in [4.78, 5) is 8.67. The standard InChI is InChI=1S/C19H30N2O2/c1-4-6-7-8-9-10-12-17-13-16-14-20-19(21-18(16)23-17)22-15(3)11-5-2/h13-15H,4-12H2,1-3H3. The van der Waals surface area contributed by atoms with E-state index >= 15 is 0 Å². The highest BCUT2D eigenvalue weighted by atomic mass is 16.5. The van der Waals surface area contributed by atoms with Crippen molar-refractivity contribution in [3.05, 3.63) is 18.0 Å². The SMILES string of the molecule is CCCCCCCCc1cc2cnc(OC(C)CCC)nc2o1. The summed E-state index contributed by atoms with van der Waals surface area (Å²) in [6, 6.07) is 2.47. The number of aryl methyl sites for hydroxylation is 1. The molecule has 0 aliphatic carbocycles. The van der Waals surface area contributed by atoms with Crippen molar-refractivity contribution in [2.24, 2.45) is 0 Å². The molecule has 0 amide bonds. The fraction of sp³-hybridized carbons (Fsp3) is 0.684. The summed E-state index contributed by atoms with van der Waals surface area (Å²) in [5.74, 6) is 1.00. The summed E-state index contributed by atoms with van der Waals surface area (Å²) in [6.07, 6.45) is 12.8. The van der Waals surface area contributed by atoms with E-state index in [2.05, 4.69) is 29.9 Å². The fourth-order valence-electron chi connectivity index (χ4n) is 2.77. The van der Waals surface area contributed by atoms with Crippen LogP contribution in [0.3, 0.4) is 0 Å². The lowest BCUT2D eigenvalue weighted by Crippen LogP contribution is -2.12. The predicted octanol–water partition coefficient (Wildman–Crippen LogP) is 5.69. The molecule has 4 heteroatoms. The zero-order valence-electron chi connectivity index (χ0n) is 14.8. The van der Waals surface area contributed by atoms with Crippen molar-refractivity contribution in [1.82, 2.24) is 9.97 Å². The monoisotopic (exact) mass is 318 g/mol. The van der Waals surface area contributed by atoms with E-state index in [9.17, 15) is 0 Å². The van der Waals surface area contributed by atoms with Gasteiger partial charge >= 0.3 is 6.01 Å². The summed E-state index contributed by atoms with van der Waals surface area (Å²) in [5, 5.41) is 0.960. The van der Waals surface area contributed by atoms with E-state index < -0.39 is 0 Å². The highest BCUT2D eigenvalue weighted by molar-refractivity contribution is 5.73. The minimum Gasteiger partial charge on any atom is -0.460 e. The van der Waals surface area contributed by atoms with Crippen molar-refractivity contribution in [3.63, 3.8) is 0 Å². The van der Waals surface area contributed by atoms with E-state index in [-0.39, 0.29) is 6.10 Å². The van der Waals surface area contributed by atoms with Gasteiger partial charge in [0.1, 0.15) is 5.76 Å². The second kappa shape index (κ2) is 9.53. The van der Waals surface area contributed by atoms with Gasteiger partial charge in [0, 0.05) is 12.6 Å². The molecule has 0 radical (unpaired) electrons. The van der Waals surface area contributed by atoms with Crippen LogP contribution in [0.4, 0.5) is 0 Å². The Morgan fingerprint density at radius 3 is 2.65 bits per heavy atom. The first kappa shape index (κ1) is 17.8. The highest BCUT2D eigenvalue weighted by Gasteiger charge is 2.10. The van der Waals surface area contributed by atoms with Gasteiger partial charge in [0.15, 0.2) is 0 Å². The summed E-state index contributed by atoms with van der Waals surface area (Å²) in [5.41, 5.74) is 0.639. The maximum absolute atomic E-state index is 5.85. The van der Waals surface area contributed by atoms with Crippen LogP contribution < -0.4 is 4.74 Å². The van der Waals surface area contributed by atoms with Gasteiger partial charge < -0.3 is 9.15 Å². The molecule has 2 aromatic heterocycles. The smallest absolute Gasteiger partial charge is 0.319 e. The first-order valence-corrected chi connectivity index (χ1v) is 9.15. The molecule has 1 unspecified atom stereocenters. The Kier molecular flexibility index (Phi) is 7.37. The molecule has 2 heterocycles. The average Bonchev–Trinajstić information content (AvgIpc) is 2.93. The summed E-state index contributed by atoms with van der Waals surface area (Å²) in [6.45, 7) is 6.44. The number of aromatic nitrogens is 2. The Balaban J connectivity index is 1.86. The maximum Gasteiger partial charge on any atom is 0.319 e. The number of furan rings is 1. The van der Waals surface area contributed by atoms with Crippen molar-refractivity contribution in [1.29, 1.82) is 0 Å². The molecule has 1 atom stereocenters. The molecule has 0 fully saturated rings. The molecule has 0 aromatic carbocycles. The highest BCUT2D eigenvalue weighted by Crippen LogP contribution is 2.21. The molecule has 0 bridgehead atoms. The van der Waals surface area contributed by atoms with Gasteiger partial charge in [-0.15, -0.1) is 0 Å². The Morgan fingerprint density at radius 1 is 1.09 bits per heavy atom. The molecular weight excluding hydrogens is 288 g/mol. The third-order valence-corrected chi connectivity index (χ3v) is 4.08. The topological polar surface area (TPSA) is 48.2 Å². The number of rotatable bonds is 11. The Labute approximate surface area is 139 Å². The van der Waals surface area contributed by atoms with Crippen LogP contribution >= 0.6 is 0 Å². The third-order valence-electron chi connectivity index (χ3n) is 4.08. The van der Waals surface area contributed by atoms with E-state index in [0.29, 0.717) is 11.7 Å². The van der Waals surface area contributed by atoms with Gasteiger partial charge in [-0.2, -0.15) is 4.98 Å². The third kappa shape index (κ3) is 5.85. The zero-order valence-corrected chi connectivity index (χ0v) is 14.8. The first-order chi connectivity index (χ1) is 11.2. The number of nitrogens with zero attached hydrogens (tertiary/aromatic N) is 2. The van der Waals surface area contributed by atoms with Crippen molar-refractivity contribution >= 4 is 11.1 Å². The molecule has 128 valence electrons. The van der Waals surface area contributed by atoms with Gasteiger partial charge in [0.2, 0.25) is 5.71 Å².